The zero-order valence-corrected chi connectivity index (χ0v) is 12.3. The van der Waals surface area contributed by atoms with Crippen LogP contribution in [-0.2, 0) is 18.6 Å². The summed E-state index contributed by atoms with van der Waals surface area (Å²) >= 11 is 0. The van der Waals surface area contributed by atoms with Gasteiger partial charge in [-0.3, -0.25) is 0 Å². The fourth-order valence-electron chi connectivity index (χ4n) is 2.20. The van der Waals surface area contributed by atoms with E-state index in [1.807, 2.05) is 13.8 Å². The van der Waals surface area contributed by atoms with Gasteiger partial charge in [0.05, 0.1) is 5.60 Å². The maximum Gasteiger partial charge on any atom is 0.138 e. The maximum atomic E-state index is 13.3. The van der Waals surface area contributed by atoms with Gasteiger partial charge in [-0.1, -0.05) is 13.8 Å². The molecule has 0 aliphatic carbocycles. The summed E-state index contributed by atoms with van der Waals surface area (Å²) in [6.07, 6.45) is 1.54. The summed E-state index contributed by atoms with van der Waals surface area (Å²) in [5.41, 5.74) is -1.25. The van der Waals surface area contributed by atoms with Gasteiger partial charge in [0.25, 0.3) is 0 Å². The zero-order valence-electron chi connectivity index (χ0n) is 12.3. The van der Waals surface area contributed by atoms with Gasteiger partial charge in [0, 0.05) is 19.0 Å². The van der Waals surface area contributed by atoms with E-state index in [0.29, 0.717) is 18.3 Å². The lowest BCUT2D eigenvalue weighted by atomic mass is 9.92. The van der Waals surface area contributed by atoms with Crippen molar-refractivity contribution in [3.63, 3.8) is 0 Å². The van der Waals surface area contributed by atoms with Crippen molar-refractivity contribution in [2.45, 2.75) is 39.3 Å². The Bertz CT molecular complexity index is 603. The van der Waals surface area contributed by atoms with Gasteiger partial charge >= 0.3 is 0 Å². The number of nitrogens with zero attached hydrogens (tertiary/aromatic N) is 3. The van der Waals surface area contributed by atoms with Crippen LogP contribution >= 0.6 is 0 Å². The lowest BCUT2D eigenvalue weighted by Gasteiger charge is -2.24. The smallest absolute Gasteiger partial charge is 0.138 e. The number of halogens is 2. The van der Waals surface area contributed by atoms with E-state index in [0.717, 1.165) is 18.2 Å². The highest BCUT2D eigenvalue weighted by Crippen LogP contribution is 2.26. The first kappa shape index (κ1) is 15.6. The topological polar surface area (TPSA) is 50.9 Å². The number of hydrogen-bond acceptors (Lipinski definition) is 3. The molecule has 2 rings (SSSR count). The van der Waals surface area contributed by atoms with E-state index >= 15 is 0 Å². The fraction of sp³-hybridized carbons (Fsp3) is 0.467. The molecule has 114 valence electrons. The molecule has 2 aromatic rings. The first-order valence-electron chi connectivity index (χ1n) is 6.83. The Morgan fingerprint density at radius 1 is 1.24 bits per heavy atom. The molecular weight excluding hydrogens is 276 g/mol. The van der Waals surface area contributed by atoms with Gasteiger partial charge in [0.2, 0.25) is 0 Å². The molecule has 1 heterocycles. The van der Waals surface area contributed by atoms with Crippen molar-refractivity contribution < 1.29 is 13.9 Å². The maximum absolute atomic E-state index is 13.3. The van der Waals surface area contributed by atoms with Gasteiger partial charge in [-0.05, 0) is 30.5 Å². The third-order valence-corrected chi connectivity index (χ3v) is 3.22. The van der Waals surface area contributed by atoms with Crippen LogP contribution in [0.5, 0.6) is 0 Å². The van der Waals surface area contributed by atoms with Crippen molar-refractivity contribution >= 4 is 0 Å². The van der Waals surface area contributed by atoms with E-state index in [-0.39, 0.29) is 12.0 Å². The van der Waals surface area contributed by atoms with Crippen molar-refractivity contribution in [1.82, 2.24) is 14.8 Å². The SMILES string of the molecule is CC(C)Cn1ncnc1CC(C)(O)c1cc(F)cc(F)c1. The van der Waals surface area contributed by atoms with Gasteiger partial charge in [0.15, 0.2) is 0 Å². The van der Waals surface area contributed by atoms with Crippen LogP contribution in [0.4, 0.5) is 8.78 Å². The van der Waals surface area contributed by atoms with Crippen LogP contribution in [0.25, 0.3) is 0 Å². The summed E-state index contributed by atoms with van der Waals surface area (Å²) in [7, 11) is 0. The predicted molar refractivity (Wildman–Crippen MR) is 74.5 cm³/mol. The van der Waals surface area contributed by atoms with E-state index in [9.17, 15) is 13.9 Å². The Morgan fingerprint density at radius 3 is 2.43 bits per heavy atom. The molecule has 1 unspecified atom stereocenters. The average Bonchev–Trinajstić information content (AvgIpc) is 2.73. The Labute approximate surface area is 122 Å². The highest BCUT2D eigenvalue weighted by atomic mass is 19.1. The minimum absolute atomic E-state index is 0.128. The van der Waals surface area contributed by atoms with Crippen molar-refractivity contribution in [2.75, 3.05) is 0 Å². The highest BCUT2D eigenvalue weighted by molar-refractivity contribution is 5.24. The van der Waals surface area contributed by atoms with Crippen molar-refractivity contribution in [3.8, 4) is 0 Å². The number of rotatable bonds is 5. The van der Waals surface area contributed by atoms with Gasteiger partial charge < -0.3 is 5.11 Å². The second-order valence-electron chi connectivity index (χ2n) is 5.86. The fourth-order valence-corrected chi connectivity index (χ4v) is 2.20. The van der Waals surface area contributed by atoms with Crippen LogP contribution in [0.3, 0.4) is 0 Å². The van der Waals surface area contributed by atoms with Gasteiger partial charge in [-0.15, -0.1) is 0 Å². The molecule has 21 heavy (non-hydrogen) atoms. The van der Waals surface area contributed by atoms with Crippen molar-refractivity contribution in [3.05, 3.63) is 47.5 Å². The van der Waals surface area contributed by atoms with Gasteiger partial charge in [-0.2, -0.15) is 5.10 Å². The molecule has 6 heteroatoms. The van der Waals surface area contributed by atoms with Crippen molar-refractivity contribution in [1.29, 1.82) is 0 Å². The second-order valence-corrected chi connectivity index (χ2v) is 5.86. The third kappa shape index (κ3) is 3.85. The molecule has 0 bridgehead atoms. The van der Waals surface area contributed by atoms with Crippen LogP contribution in [0.2, 0.25) is 0 Å². The lowest BCUT2D eigenvalue weighted by molar-refractivity contribution is 0.0533. The lowest BCUT2D eigenvalue weighted by Crippen LogP contribution is -2.27. The Morgan fingerprint density at radius 2 is 1.86 bits per heavy atom. The summed E-state index contributed by atoms with van der Waals surface area (Å²) in [6, 6.07) is 3.04. The molecular formula is C15H19F2N3O. The predicted octanol–water partition coefficient (Wildman–Crippen LogP) is 2.66. The zero-order chi connectivity index (χ0) is 15.6. The number of aromatic nitrogens is 3. The van der Waals surface area contributed by atoms with E-state index in [1.54, 1.807) is 4.68 Å². The molecule has 0 amide bonds. The minimum atomic E-state index is -1.43. The van der Waals surface area contributed by atoms with Gasteiger partial charge in [-0.25, -0.2) is 18.4 Å². The summed E-state index contributed by atoms with van der Waals surface area (Å²) < 4.78 is 28.3. The van der Waals surface area contributed by atoms with Crippen LogP contribution in [0, 0.1) is 17.6 Å². The molecule has 0 aliphatic heterocycles. The minimum Gasteiger partial charge on any atom is -0.385 e. The molecule has 1 aromatic heterocycles. The molecule has 0 radical (unpaired) electrons. The summed E-state index contributed by atoms with van der Waals surface area (Å²) in [4.78, 5) is 4.13. The van der Waals surface area contributed by atoms with Crippen LogP contribution in [0.1, 0.15) is 32.2 Å². The standard InChI is InChI=1S/C15H19F2N3O/c1-10(2)8-20-14(18-9-19-20)7-15(3,21)11-4-12(16)6-13(17)5-11/h4-6,9-10,21H,7-8H2,1-3H3. The van der Waals surface area contributed by atoms with Crippen LogP contribution < -0.4 is 0 Å². The van der Waals surface area contributed by atoms with E-state index in [1.165, 1.54) is 13.3 Å². The third-order valence-electron chi connectivity index (χ3n) is 3.22. The van der Waals surface area contributed by atoms with E-state index in [2.05, 4.69) is 10.1 Å². The monoisotopic (exact) mass is 295 g/mol. The molecule has 0 fully saturated rings. The normalized spacial score (nSPS) is 14.4. The first-order valence-corrected chi connectivity index (χ1v) is 6.83. The second kappa shape index (κ2) is 5.89. The first-order chi connectivity index (χ1) is 9.78. The Hall–Kier alpha value is -1.82. The van der Waals surface area contributed by atoms with Crippen LogP contribution in [0.15, 0.2) is 24.5 Å². The number of benzene rings is 1. The van der Waals surface area contributed by atoms with Gasteiger partial charge in [0.1, 0.15) is 23.8 Å². The highest BCUT2D eigenvalue weighted by Gasteiger charge is 2.27. The molecule has 0 spiro atoms. The largest absolute Gasteiger partial charge is 0.385 e. The Kier molecular flexibility index (Phi) is 4.37. The number of hydrogen-bond donors (Lipinski definition) is 1. The number of aliphatic hydroxyl groups is 1. The summed E-state index contributed by atoms with van der Waals surface area (Å²) in [5, 5.41) is 14.7. The molecule has 1 atom stereocenters. The molecule has 0 aliphatic rings. The molecule has 1 N–H and O–H groups in total. The molecule has 0 saturated carbocycles. The Balaban J connectivity index is 2.26. The summed E-state index contributed by atoms with van der Waals surface area (Å²) in [5.74, 6) is -0.469. The van der Waals surface area contributed by atoms with E-state index < -0.39 is 17.2 Å². The summed E-state index contributed by atoms with van der Waals surface area (Å²) in [6.45, 7) is 6.27. The molecule has 0 saturated heterocycles. The van der Waals surface area contributed by atoms with Crippen molar-refractivity contribution in [2.24, 2.45) is 5.92 Å². The quantitative estimate of drug-likeness (QED) is 0.922. The molecule has 1 aromatic carbocycles. The molecule has 4 nitrogen and oxygen atoms in total. The average molecular weight is 295 g/mol. The van der Waals surface area contributed by atoms with E-state index in [4.69, 9.17) is 0 Å². The van der Waals surface area contributed by atoms with Crippen LogP contribution in [-0.4, -0.2) is 19.9 Å².